The second kappa shape index (κ2) is 5.21. The zero-order valence-electron chi connectivity index (χ0n) is 10.0. The molecule has 0 N–H and O–H groups in total. The average molecular weight is 327 g/mol. The highest BCUT2D eigenvalue weighted by molar-refractivity contribution is 6.43. The van der Waals surface area contributed by atoms with E-state index in [1.54, 1.807) is 6.07 Å². The van der Waals surface area contributed by atoms with Gasteiger partial charge in [0.25, 0.3) is 0 Å². The topological polar surface area (TPSA) is 12.9 Å². The molecule has 0 amide bonds. The smallest absolute Gasteiger partial charge is 0.161 e. The Morgan fingerprint density at radius 3 is 2.30 bits per heavy atom. The minimum absolute atomic E-state index is 0.0729. The van der Waals surface area contributed by atoms with Crippen LogP contribution < -0.4 is 0 Å². The van der Waals surface area contributed by atoms with Gasteiger partial charge in [-0.15, -0.1) is 0 Å². The first-order valence-electron chi connectivity index (χ1n) is 5.77. The molecule has 0 bridgehead atoms. The van der Waals surface area contributed by atoms with Gasteiger partial charge in [0.05, 0.1) is 26.3 Å². The van der Waals surface area contributed by atoms with Gasteiger partial charge in [-0.25, -0.2) is 9.37 Å². The molecule has 1 heterocycles. The Hall–Kier alpha value is -1.35. The van der Waals surface area contributed by atoms with Crippen molar-refractivity contribution in [2.75, 3.05) is 0 Å². The summed E-state index contributed by atoms with van der Waals surface area (Å²) in [7, 11) is 0. The number of rotatable bonds is 1. The fraction of sp³-hybridized carbons (Fsp3) is 0. The number of benzene rings is 2. The van der Waals surface area contributed by atoms with Gasteiger partial charge in [-0.2, -0.15) is 0 Å². The monoisotopic (exact) mass is 325 g/mol. The van der Waals surface area contributed by atoms with Gasteiger partial charge in [0, 0.05) is 10.9 Å². The van der Waals surface area contributed by atoms with E-state index in [9.17, 15) is 4.39 Å². The fourth-order valence-electron chi connectivity index (χ4n) is 2.01. The maximum Gasteiger partial charge on any atom is 0.161 e. The van der Waals surface area contributed by atoms with Crippen LogP contribution in [0.4, 0.5) is 4.39 Å². The van der Waals surface area contributed by atoms with Crippen molar-refractivity contribution >= 4 is 45.7 Å². The van der Waals surface area contributed by atoms with Gasteiger partial charge in [-0.05, 0) is 12.1 Å². The van der Waals surface area contributed by atoms with Crippen LogP contribution in [0.5, 0.6) is 0 Å². The van der Waals surface area contributed by atoms with E-state index in [-0.39, 0.29) is 10.0 Å². The number of aromatic nitrogens is 1. The van der Waals surface area contributed by atoms with Crippen LogP contribution in [-0.2, 0) is 0 Å². The van der Waals surface area contributed by atoms with Gasteiger partial charge in [-0.1, -0.05) is 65.1 Å². The van der Waals surface area contributed by atoms with Crippen LogP contribution in [0.1, 0.15) is 0 Å². The molecule has 0 aliphatic rings. The average Bonchev–Trinajstić information content (AvgIpc) is 2.45. The van der Waals surface area contributed by atoms with Crippen LogP contribution in [0, 0.1) is 5.82 Å². The van der Waals surface area contributed by atoms with Crippen LogP contribution >= 0.6 is 34.8 Å². The second-order valence-corrected chi connectivity index (χ2v) is 5.43. The van der Waals surface area contributed by atoms with Crippen molar-refractivity contribution < 1.29 is 4.39 Å². The van der Waals surface area contributed by atoms with Crippen molar-refractivity contribution in [3.63, 3.8) is 0 Å². The molecule has 0 radical (unpaired) electrons. The Bertz CT molecular complexity index is 803. The summed E-state index contributed by atoms with van der Waals surface area (Å²) >= 11 is 18.0. The molecule has 0 aliphatic heterocycles. The normalized spacial score (nSPS) is 11.0. The lowest BCUT2D eigenvalue weighted by Gasteiger charge is -2.08. The molecule has 0 atom stereocenters. The Kier molecular flexibility index (Phi) is 3.55. The third-order valence-corrected chi connectivity index (χ3v) is 3.88. The molecule has 0 unspecified atom stereocenters. The van der Waals surface area contributed by atoms with E-state index >= 15 is 0 Å². The molecule has 2 aromatic carbocycles. The lowest BCUT2D eigenvalue weighted by Crippen LogP contribution is -1.90. The number of halogens is 4. The summed E-state index contributed by atoms with van der Waals surface area (Å²) in [5, 5.41) is 0.533. The third-order valence-electron chi connectivity index (χ3n) is 2.95. The molecular weight excluding hydrogens is 320 g/mol. The second-order valence-electron chi connectivity index (χ2n) is 4.24. The highest BCUT2D eigenvalue weighted by Crippen LogP contribution is 2.37. The van der Waals surface area contributed by atoms with E-state index < -0.39 is 5.82 Å². The van der Waals surface area contributed by atoms with Crippen LogP contribution in [0.2, 0.25) is 15.1 Å². The largest absolute Gasteiger partial charge is 0.248 e. The standard InChI is InChI=1S/C15H7Cl3FN/c16-9-6-11(8-4-2-1-3-5-8)20-12-7-10(17)15(19)14(18)13(9)12/h1-7H. The molecule has 3 rings (SSSR count). The summed E-state index contributed by atoms with van der Waals surface area (Å²) in [5.41, 5.74) is 2.06. The first-order valence-corrected chi connectivity index (χ1v) is 6.90. The maximum atomic E-state index is 13.7. The van der Waals surface area contributed by atoms with Gasteiger partial charge >= 0.3 is 0 Å². The zero-order valence-corrected chi connectivity index (χ0v) is 12.3. The number of nitrogens with zero attached hydrogens (tertiary/aromatic N) is 1. The van der Waals surface area contributed by atoms with Crippen molar-refractivity contribution in [1.29, 1.82) is 0 Å². The molecule has 100 valence electrons. The number of hydrogen-bond donors (Lipinski definition) is 0. The number of fused-ring (bicyclic) bond motifs is 1. The summed E-state index contributed by atoms with van der Waals surface area (Å²) in [6, 6.07) is 12.6. The van der Waals surface area contributed by atoms with Gasteiger partial charge in [-0.3, -0.25) is 0 Å². The summed E-state index contributed by atoms with van der Waals surface area (Å²) in [4.78, 5) is 4.45. The molecule has 0 aliphatic carbocycles. The molecule has 3 aromatic rings. The molecular formula is C15H7Cl3FN. The quantitative estimate of drug-likeness (QED) is 0.500. The lowest BCUT2D eigenvalue weighted by molar-refractivity contribution is 0.630. The minimum atomic E-state index is -0.683. The number of hydrogen-bond acceptors (Lipinski definition) is 1. The predicted molar refractivity (Wildman–Crippen MR) is 82.2 cm³/mol. The first kappa shape index (κ1) is 13.6. The van der Waals surface area contributed by atoms with E-state index in [0.29, 0.717) is 21.6 Å². The van der Waals surface area contributed by atoms with E-state index in [0.717, 1.165) is 5.56 Å². The Morgan fingerprint density at radius 2 is 1.60 bits per heavy atom. The first-order chi connectivity index (χ1) is 9.58. The van der Waals surface area contributed by atoms with Crippen molar-refractivity contribution in [3.05, 3.63) is 63.3 Å². The van der Waals surface area contributed by atoms with E-state index in [1.165, 1.54) is 6.07 Å². The van der Waals surface area contributed by atoms with Crippen molar-refractivity contribution in [2.24, 2.45) is 0 Å². The van der Waals surface area contributed by atoms with E-state index in [4.69, 9.17) is 34.8 Å². The van der Waals surface area contributed by atoms with Crippen LogP contribution in [0.3, 0.4) is 0 Å². The SMILES string of the molecule is Fc1c(Cl)cc2nc(-c3ccccc3)cc(Cl)c2c1Cl. The molecule has 0 spiro atoms. The Balaban J connectivity index is 2.33. The predicted octanol–water partition coefficient (Wildman–Crippen LogP) is 6.00. The van der Waals surface area contributed by atoms with Gasteiger partial charge in [0.15, 0.2) is 5.82 Å². The minimum Gasteiger partial charge on any atom is -0.248 e. The lowest BCUT2D eigenvalue weighted by atomic mass is 10.1. The van der Waals surface area contributed by atoms with Gasteiger partial charge in [0.1, 0.15) is 0 Å². The molecule has 20 heavy (non-hydrogen) atoms. The molecule has 0 saturated heterocycles. The molecule has 0 saturated carbocycles. The highest BCUT2D eigenvalue weighted by atomic mass is 35.5. The van der Waals surface area contributed by atoms with Gasteiger partial charge < -0.3 is 0 Å². The summed E-state index contributed by atoms with van der Waals surface area (Å²) in [5.74, 6) is -0.683. The van der Waals surface area contributed by atoms with Crippen LogP contribution in [0.25, 0.3) is 22.2 Å². The van der Waals surface area contributed by atoms with Crippen LogP contribution in [-0.4, -0.2) is 4.98 Å². The molecule has 1 aromatic heterocycles. The van der Waals surface area contributed by atoms with Crippen molar-refractivity contribution in [2.45, 2.75) is 0 Å². The maximum absolute atomic E-state index is 13.7. The zero-order chi connectivity index (χ0) is 14.3. The summed E-state index contributed by atoms with van der Waals surface area (Å²) in [6.07, 6.45) is 0. The molecule has 1 nitrogen and oxygen atoms in total. The van der Waals surface area contributed by atoms with Crippen LogP contribution in [0.15, 0.2) is 42.5 Å². The molecule has 5 heteroatoms. The Labute approximate surface area is 129 Å². The van der Waals surface area contributed by atoms with Crippen molar-refractivity contribution in [1.82, 2.24) is 4.98 Å². The van der Waals surface area contributed by atoms with Crippen molar-refractivity contribution in [3.8, 4) is 11.3 Å². The summed E-state index contributed by atoms with van der Waals surface area (Å²) < 4.78 is 13.7. The highest BCUT2D eigenvalue weighted by Gasteiger charge is 2.15. The third kappa shape index (κ3) is 2.24. The summed E-state index contributed by atoms with van der Waals surface area (Å²) in [6.45, 7) is 0. The van der Waals surface area contributed by atoms with E-state index in [1.807, 2.05) is 30.3 Å². The number of pyridine rings is 1. The van der Waals surface area contributed by atoms with Gasteiger partial charge in [0.2, 0.25) is 0 Å². The van der Waals surface area contributed by atoms with E-state index in [2.05, 4.69) is 4.98 Å². The molecule has 0 fully saturated rings. The fourth-order valence-corrected chi connectivity index (χ4v) is 2.90. The Morgan fingerprint density at radius 1 is 0.900 bits per heavy atom.